The van der Waals surface area contributed by atoms with Crippen LogP contribution in [0.2, 0.25) is 0 Å². The fourth-order valence-corrected chi connectivity index (χ4v) is 1.50. The summed E-state index contributed by atoms with van der Waals surface area (Å²) in [4.78, 5) is 7.61. The normalized spacial score (nSPS) is 10.1. The van der Waals surface area contributed by atoms with E-state index in [0.29, 0.717) is 0 Å². The first kappa shape index (κ1) is 7.36. The molecule has 4 heteroatoms. The zero-order valence-corrected chi connectivity index (χ0v) is 6.88. The number of hydrogen-bond donors (Lipinski definition) is 0. The lowest BCUT2D eigenvalue weighted by Gasteiger charge is -1.92. The summed E-state index contributed by atoms with van der Waals surface area (Å²) in [6.07, 6.45) is 3.19. The SMILES string of the molecule is Fc1ccc(-c2nccs2)cn1. The first-order valence-corrected chi connectivity index (χ1v) is 4.25. The predicted octanol–water partition coefficient (Wildman–Crippen LogP) is 2.34. The van der Waals surface area contributed by atoms with E-state index in [1.165, 1.54) is 23.6 Å². The quantitative estimate of drug-likeness (QED) is 0.629. The van der Waals surface area contributed by atoms with Crippen molar-refractivity contribution in [3.8, 4) is 10.6 Å². The molecule has 60 valence electrons. The summed E-state index contributed by atoms with van der Waals surface area (Å²) in [7, 11) is 0. The van der Waals surface area contributed by atoms with E-state index < -0.39 is 5.95 Å². The van der Waals surface area contributed by atoms with E-state index in [4.69, 9.17) is 0 Å². The molecule has 0 N–H and O–H groups in total. The first-order chi connectivity index (χ1) is 5.86. The van der Waals surface area contributed by atoms with Gasteiger partial charge >= 0.3 is 0 Å². The number of pyridine rings is 1. The maximum Gasteiger partial charge on any atom is 0.212 e. The van der Waals surface area contributed by atoms with Crippen LogP contribution in [-0.4, -0.2) is 9.97 Å². The van der Waals surface area contributed by atoms with Gasteiger partial charge in [-0.25, -0.2) is 9.97 Å². The summed E-state index contributed by atoms with van der Waals surface area (Å²) in [6.45, 7) is 0. The summed E-state index contributed by atoms with van der Waals surface area (Å²) in [5.41, 5.74) is 0.853. The summed E-state index contributed by atoms with van der Waals surface area (Å²) in [5.74, 6) is -0.463. The molecule has 0 saturated heterocycles. The smallest absolute Gasteiger partial charge is 0.212 e. The minimum absolute atomic E-state index is 0.463. The Morgan fingerprint density at radius 3 is 2.75 bits per heavy atom. The van der Waals surface area contributed by atoms with Crippen LogP contribution in [-0.2, 0) is 0 Å². The number of nitrogens with zero attached hydrogens (tertiary/aromatic N) is 2. The summed E-state index contributed by atoms with van der Waals surface area (Å²) >= 11 is 1.51. The highest BCUT2D eigenvalue weighted by Crippen LogP contribution is 2.19. The van der Waals surface area contributed by atoms with Gasteiger partial charge in [-0.1, -0.05) is 0 Å². The van der Waals surface area contributed by atoms with Crippen LogP contribution in [0, 0.1) is 5.95 Å². The number of halogens is 1. The molecule has 0 aliphatic rings. The molecule has 0 amide bonds. The van der Waals surface area contributed by atoms with Crippen LogP contribution in [0.25, 0.3) is 10.6 Å². The van der Waals surface area contributed by atoms with Gasteiger partial charge in [0.1, 0.15) is 5.01 Å². The van der Waals surface area contributed by atoms with Crippen molar-refractivity contribution >= 4 is 11.3 Å². The molecule has 0 bridgehead atoms. The number of thiazole rings is 1. The average molecular weight is 180 g/mol. The Hall–Kier alpha value is -1.29. The molecule has 2 aromatic rings. The molecule has 0 aliphatic heterocycles. The molecular weight excluding hydrogens is 175 g/mol. The van der Waals surface area contributed by atoms with Gasteiger partial charge in [0.15, 0.2) is 0 Å². The van der Waals surface area contributed by atoms with Gasteiger partial charge in [0, 0.05) is 23.3 Å². The fraction of sp³-hybridized carbons (Fsp3) is 0. The Balaban J connectivity index is 2.43. The maximum atomic E-state index is 12.4. The molecule has 0 aliphatic carbocycles. The van der Waals surface area contributed by atoms with E-state index in [1.54, 1.807) is 12.3 Å². The van der Waals surface area contributed by atoms with Crippen LogP contribution in [0.5, 0.6) is 0 Å². The second-order valence-electron chi connectivity index (χ2n) is 2.21. The van der Waals surface area contributed by atoms with E-state index in [0.717, 1.165) is 10.6 Å². The maximum absolute atomic E-state index is 12.4. The third-order valence-electron chi connectivity index (χ3n) is 1.41. The van der Waals surface area contributed by atoms with Crippen molar-refractivity contribution in [3.63, 3.8) is 0 Å². The lowest BCUT2D eigenvalue weighted by atomic mass is 10.3. The van der Waals surface area contributed by atoms with Gasteiger partial charge in [0.25, 0.3) is 0 Å². The third-order valence-corrected chi connectivity index (χ3v) is 2.23. The highest BCUT2D eigenvalue weighted by molar-refractivity contribution is 7.13. The molecule has 2 rings (SSSR count). The summed E-state index contributed by atoms with van der Waals surface area (Å²) in [5, 5.41) is 2.74. The molecule has 2 heterocycles. The number of hydrogen-bond acceptors (Lipinski definition) is 3. The van der Waals surface area contributed by atoms with E-state index >= 15 is 0 Å². The fourth-order valence-electron chi connectivity index (χ4n) is 0.868. The molecule has 0 saturated carbocycles. The minimum atomic E-state index is -0.463. The zero-order valence-electron chi connectivity index (χ0n) is 6.07. The zero-order chi connectivity index (χ0) is 8.39. The Bertz CT molecular complexity index is 355. The largest absolute Gasteiger partial charge is 0.244 e. The van der Waals surface area contributed by atoms with Crippen molar-refractivity contribution in [2.75, 3.05) is 0 Å². The van der Waals surface area contributed by atoms with Gasteiger partial charge in [-0.15, -0.1) is 11.3 Å². The molecule has 0 spiro atoms. The van der Waals surface area contributed by atoms with Gasteiger partial charge in [0.2, 0.25) is 5.95 Å². The monoisotopic (exact) mass is 180 g/mol. The molecule has 2 aromatic heterocycles. The Morgan fingerprint density at radius 2 is 2.17 bits per heavy atom. The van der Waals surface area contributed by atoms with Crippen LogP contribution in [0.1, 0.15) is 0 Å². The van der Waals surface area contributed by atoms with Crippen molar-refractivity contribution in [1.82, 2.24) is 9.97 Å². The van der Waals surface area contributed by atoms with E-state index in [9.17, 15) is 4.39 Å². The predicted molar refractivity (Wildman–Crippen MR) is 45.3 cm³/mol. The van der Waals surface area contributed by atoms with Crippen molar-refractivity contribution in [2.24, 2.45) is 0 Å². The van der Waals surface area contributed by atoms with Crippen molar-refractivity contribution in [1.29, 1.82) is 0 Å². The molecular formula is C8H5FN2S. The molecule has 0 radical (unpaired) electrons. The van der Waals surface area contributed by atoms with Crippen LogP contribution >= 0.6 is 11.3 Å². The first-order valence-electron chi connectivity index (χ1n) is 3.38. The highest BCUT2D eigenvalue weighted by atomic mass is 32.1. The summed E-state index contributed by atoms with van der Waals surface area (Å²) < 4.78 is 12.4. The minimum Gasteiger partial charge on any atom is -0.244 e. The average Bonchev–Trinajstić information content (AvgIpc) is 2.58. The second kappa shape index (κ2) is 2.98. The van der Waals surface area contributed by atoms with Crippen LogP contribution in [0.4, 0.5) is 4.39 Å². The molecule has 0 atom stereocenters. The van der Waals surface area contributed by atoms with Crippen molar-refractivity contribution in [3.05, 3.63) is 35.9 Å². The highest BCUT2D eigenvalue weighted by Gasteiger charge is 1.99. The molecule has 0 unspecified atom stereocenters. The van der Waals surface area contributed by atoms with Gasteiger partial charge in [-0.2, -0.15) is 4.39 Å². The Morgan fingerprint density at radius 1 is 1.25 bits per heavy atom. The van der Waals surface area contributed by atoms with Gasteiger partial charge in [-0.05, 0) is 12.1 Å². The Labute approximate surface area is 72.7 Å². The van der Waals surface area contributed by atoms with Crippen molar-refractivity contribution < 1.29 is 4.39 Å². The molecule has 0 aromatic carbocycles. The van der Waals surface area contributed by atoms with Gasteiger partial charge in [0.05, 0.1) is 0 Å². The number of aromatic nitrogens is 2. The lowest BCUT2D eigenvalue weighted by molar-refractivity contribution is 0.584. The molecule has 2 nitrogen and oxygen atoms in total. The van der Waals surface area contributed by atoms with Crippen LogP contribution in [0.3, 0.4) is 0 Å². The van der Waals surface area contributed by atoms with Gasteiger partial charge in [-0.3, -0.25) is 0 Å². The topological polar surface area (TPSA) is 25.8 Å². The molecule has 12 heavy (non-hydrogen) atoms. The second-order valence-corrected chi connectivity index (χ2v) is 3.10. The number of rotatable bonds is 1. The molecule has 0 fully saturated rings. The van der Waals surface area contributed by atoms with E-state index in [2.05, 4.69) is 9.97 Å². The van der Waals surface area contributed by atoms with E-state index in [1.807, 2.05) is 5.38 Å². The summed E-state index contributed by atoms with van der Waals surface area (Å²) in [6, 6.07) is 3.00. The third kappa shape index (κ3) is 1.33. The van der Waals surface area contributed by atoms with E-state index in [-0.39, 0.29) is 0 Å². The van der Waals surface area contributed by atoms with Crippen molar-refractivity contribution in [2.45, 2.75) is 0 Å². The van der Waals surface area contributed by atoms with Crippen LogP contribution in [0.15, 0.2) is 29.9 Å². The van der Waals surface area contributed by atoms with Crippen LogP contribution < -0.4 is 0 Å². The lowest BCUT2D eigenvalue weighted by Crippen LogP contribution is -1.81. The Kier molecular flexibility index (Phi) is 1.83. The standard InChI is InChI=1S/C8H5FN2S/c9-7-2-1-6(5-11-7)8-10-3-4-12-8/h1-5H. The van der Waals surface area contributed by atoms with Gasteiger partial charge < -0.3 is 0 Å².